The predicted molar refractivity (Wildman–Crippen MR) is 263 cm³/mol. The molecule has 1 spiro atoms. The normalized spacial score (nSPS) is 36.8. The maximum Gasteiger partial charge on any atom is 0.426 e. The van der Waals surface area contributed by atoms with E-state index in [9.17, 15) is 29.7 Å². The lowest BCUT2D eigenvalue weighted by molar-refractivity contribution is -0.222. The highest BCUT2D eigenvalue weighted by molar-refractivity contribution is 8.76. The molecule has 2 aliphatic carbocycles. The Balaban J connectivity index is 1.14. The molecule has 0 radical (unpaired) electrons. The Morgan fingerprint density at radius 3 is 2.46 bits per heavy atom. The third-order valence-corrected chi connectivity index (χ3v) is 20.6. The number of hydrogen-bond donors (Lipinski definition) is 6. The molecule has 16 nitrogen and oxygen atoms in total. The number of hydrazine groups is 1. The minimum absolute atomic E-state index is 0.00273. The van der Waals surface area contributed by atoms with Crippen LogP contribution in [0.1, 0.15) is 100 Å². The fraction of sp³-hybridized carbons (Fsp3) is 0.686. The van der Waals surface area contributed by atoms with Crippen molar-refractivity contribution in [3.05, 3.63) is 58.7 Å². The van der Waals surface area contributed by atoms with Gasteiger partial charge in [0.25, 0.3) is 5.91 Å². The molecule has 2 aromatic carbocycles. The largest absolute Gasteiger partial charge is 0.496 e. The lowest BCUT2D eigenvalue weighted by Gasteiger charge is -2.64. The second-order valence-corrected chi connectivity index (χ2v) is 23.9. The van der Waals surface area contributed by atoms with Crippen molar-refractivity contribution in [1.29, 1.82) is 0 Å². The van der Waals surface area contributed by atoms with Crippen LogP contribution in [0.25, 0.3) is 0 Å². The van der Waals surface area contributed by atoms with Crippen LogP contribution in [0.2, 0.25) is 0 Å². The van der Waals surface area contributed by atoms with Crippen molar-refractivity contribution in [3.8, 4) is 5.75 Å². The molecule has 13 atom stereocenters. The number of carboxylic acids is 1. The van der Waals surface area contributed by atoms with Crippen molar-refractivity contribution in [2.45, 2.75) is 125 Å². The summed E-state index contributed by atoms with van der Waals surface area (Å²) >= 11 is 0. The number of methoxy groups -OCH3 is 2. The van der Waals surface area contributed by atoms with Gasteiger partial charge in [-0.1, -0.05) is 66.6 Å². The van der Waals surface area contributed by atoms with Gasteiger partial charge in [-0.3, -0.25) is 24.7 Å². The Morgan fingerprint density at radius 2 is 1.74 bits per heavy atom. The second-order valence-electron chi connectivity index (χ2n) is 21.2. The third-order valence-electron chi connectivity index (χ3n) is 18.0. The number of aliphatic hydroxyl groups is 3. The Labute approximate surface area is 413 Å². The number of carboxylic acid groups (broad SMARTS) is 1. The van der Waals surface area contributed by atoms with Gasteiger partial charge in [0.1, 0.15) is 23.9 Å². The van der Waals surface area contributed by atoms with E-state index in [1.807, 2.05) is 31.9 Å². The summed E-state index contributed by atoms with van der Waals surface area (Å²) < 4.78 is 17.8. The Kier molecular flexibility index (Phi) is 13.8. The monoisotopic (exact) mass is 993 g/mol. The van der Waals surface area contributed by atoms with Gasteiger partial charge in [0.05, 0.1) is 31.8 Å². The number of aliphatic carboxylic acids is 1. The number of rotatable bonds is 13. The van der Waals surface area contributed by atoms with Crippen molar-refractivity contribution in [2.75, 3.05) is 77.0 Å². The van der Waals surface area contributed by atoms with Gasteiger partial charge in [-0.2, -0.15) is 0 Å². The van der Waals surface area contributed by atoms with Gasteiger partial charge in [0.15, 0.2) is 5.60 Å². The van der Waals surface area contributed by atoms with Crippen LogP contribution in [0.5, 0.6) is 5.75 Å². The molecule has 0 aromatic heterocycles. The van der Waals surface area contributed by atoms with E-state index in [0.29, 0.717) is 80.9 Å². The molecule has 4 saturated heterocycles. The molecule has 5 aliphatic heterocycles. The topological polar surface area (TPSA) is 211 Å². The van der Waals surface area contributed by atoms with Crippen LogP contribution in [0.15, 0.2) is 36.4 Å². The maximum atomic E-state index is 15.5. The summed E-state index contributed by atoms with van der Waals surface area (Å²) in [6.45, 7) is 9.18. The minimum atomic E-state index is -2.46. The number of anilines is 1. The fourth-order valence-corrected chi connectivity index (χ4v) is 17.4. The van der Waals surface area contributed by atoms with E-state index in [4.69, 9.17) is 19.3 Å². The molecule has 378 valence electrons. The molecule has 7 aliphatic rings. The molecule has 2 bridgehead atoms. The number of amides is 2. The van der Waals surface area contributed by atoms with E-state index in [1.165, 1.54) is 39.8 Å². The van der Waals surface area contributed by atoms with Crippen LogP contribution >= 0.6 is 21.6 Å². The van der Waals surface area contributed by atoms with E-state index in [-0.39, 0.29) is 36.4 Å². The molecule has 2 amide bonds. The standard InChI is InChI=1S/C51H71N5O11S2/c1-7-47(63)25-31-26-50(45(61)66-6,35-22-32-12-9-10-13-33(32)34(35)14-18-55(27-31)29-47)37-23-36-38(24-39(37)65-5)54(4)42-49(36)16-19-56-17-11-15-48(8-2,41(49)56)43(59)51(42,64)44(60)52-53-46(62)67-20-21-68-69-28-30(3)40(57)58/h9-10,12-13,23-24,30-31,34-35,41-43,59,63-64H,7-8,11,14-22,25-29H2,1-6H3,(H,52,60)(H,53,62)(H,57,58)/t30-,31+,34?,35?,41-,42+,43+,47-,48+,49+,50+,51-/m0/s1. The summed E-state index contributed by atoms with van der Waals surface area (Å²) in [6.07, 6.45) is 2.81. The molecule has 2 aromatic rings. The highest BCUT2D eigenvalue weighted by Gasteiger charge is 2.79. The first kappa shape index (κ1) is 50.2. The predicted octanol–water partition coefficient (Wildman–Crippen LogP) is 4.60. The molecule has 9 rings (SSSR count). The van der Waals surface area contributed by atoms with Gasteiger partial charge in [0.2, 0.25) is 0 Å². The van der Waals surface area contributed by atoms with Gasteiger partial charge in [-0.15, -0.1) is 0 Å². The average Bonchev–Trinajstić information content (AvgIpc) is 4.01. The van der Waals surface area contributed by atoms with Crippen molar-refractivity contribution in [3.63, 3.8) is 0 Å². The number of aliphatic hydroxyl groups excluding tert-OH is 1. The Morgan fingerprint density at radius 1 is 0.957 bits per heavy atom. The summed E-state index contributed by atoms with van der Waals surface area (Å²) in [5.74, 6) is -1.76. The molecule has 5 heterocycles. The lowest BCUT2D eigenvalue weighted by atomic mass is 9.46. The number of hydrogen-bond acceptors (Lipinski definition) is 15. The zero-order valence-corrected chi connectivity index (χ0v) is 42.5. The van der Waals surface area contributed by atoms with Crippen LogP contribution in [0, 0.1) is 23.2 Å². The first-order valence-electron chi connectivity index (χ1n) is 24.9. The molecule has 5 fully saturated rings. The van der Waals surface area contributed by atoms with Crippen LogP contribution in [-0.2, 0) is 41.1 Å². The third kappa shape index (κ3) is 7.83. The maximum absolute atomic E-state index is 15.5. The summed E-state index contributed by atoms with van der Waals surface area (Å²) in [5, 5.41) is 47.6. The number of carbonyl (C=O) groups excluding carboxylic acids is 3. The van der Waals surface area contributed by atoms with E-state index >= 15 is 4.79 Å². The number of carbonyl (C=O) groups is 4. The quantitative estimate of drug-likeness (QED) is 0.0701. The highest BCUT2D eigenvalue weighted by Crippen LogP contribution is 2.69. The average molecular weight is 994 g/mol. The highest BCUT2D eigenvalue weighted by atomic mass is 33.1. The molecular formula is C51H71N5O11S2. The molecule has 69 heavy (non-hydrogen) atoms. The Hall–Kier alpha value is -3.78. The van der Waals surface area contributed by atoms with E-state index in [0.717, 1.165) is 43.7 Å². The van der Waals surface area contributed by atoms with Crippen molar-refractivity contribution < 1.29 is 53.8 Å². The number of benzene rings is 2. The number of esters is 1. The van der Waals surface area contributed by atoms with E-state index in [2.05, 4.69) is 51.0 Å². The zero-order chi connectivity index (χ0) is 49.3. The van der Waals surface area contributed by atoms with Gasteiger partial charge in [-0.25, -0.2) is 10.2 Å². The smallest absolute Gasteiger partial charge is 0.426 e. The number of fused-ring (bicyclic) bond motifs is 6. The number of likely N-dealkylation sites (N-methyl/N-ethyl adjacent to an activating group) is 1. The summed E-state index contributed by atoms with van der Waals surface area (Å²) in [5.41, 5.74) is 3.00. The molecule has 3 unspecified atom stereocenters. The molecule has 6 N–H and O–H groups in total. The number of nitrogens with one attached hydrogen (secondary N) is 2. The first-order chi connectivity index (χ1) is 33.0. The Bertz CT molecular complexity index is 2330. The minimum Gasteiger partial charge on any atom is -0.496 e. The number of ether oxygens (including phenoxy) is 3. The van der Waals surface area contributed by atoms with Crippen LogP contribution in [0.4, 0.5) is 10.5 Å². The number of nitrogens with zero attached hydrogens (tertiary/aromatic N) is 3. The van der Waals surface area contributed by atoms with Crippen molar-refractivity contribution in [1.82, 2.24) is 20.7 Å². The van der Waals surface area contributed by atoms with Gasteiger partial charge >= 0.3 is 18.0 Å². The summed E-state index contributed by atoms with van der Waals surface area (Å²) in [6, 6.07) is 11.3. The lowest BCUT2D eigenvalue weighted by Crippen LogP contribution is -2.82. The summed E-state index contributed by atoms with van der Waals surface area (Å²) in [7, 11) is 7.64. The SMILES string of the molecule is CC[C@]1(O)C[C@H]2CN(CCC3c4ccccc4CC3[C@@](C(=O)OC)(c3cc4c(cc3OC)N(C)[C@H]3[C@@](O)(C(=O)NNC(=O)OCCSSC[C@H](C)C(=O)O)[C@H](O)[C@]5(CC)CCCN6CC[C@]43[C@@H]65)C2)C1. The second kappa shape index (κ2) is 19.0. The fourth-order valence-electron chi connectivity index (χ4n) is 15.2. The van der Waals surface area contributed by atoms with Gasteiger partial charge < -0.3 is 44.4 Å². The van der Waals surface area contributed by atoms with Gasteiger partial charge in [0, 0.05) is 65.8 Å². The number of piperidine rings is 2. The van der Waals surface area contributed by atoms with E-state index in [1.54, 1.807) is 14.0 Å². The van der Waals surface area contributed by atoms with Crippen molar-refractivity contribution in [2.24, 2.45) is 23.2 Å². The first-order valence-corrected chi connectivity index (χ1v) is 27.4. The van der Waals surface area contributed by atoms with Crippen LogP contribution < -0.4 is 20.5 Å². The molecule has 1 saturated carbocycles. The van der Waals surface area contributed by atoms with Crippen LogP contribution in [-0.4, -0.2) is 156 Å². The zero-order valence-electron chi connectivity index (χ0n) is 40.8. The summed E-state index contributed by atoms with van der Waals surface area (Å²) in [4.78, 5) is 61.4. The van der Waals surface area contributed by atoms with Gasteiger partial charge in [-0.05, 0) is 118 Å². The van der Waals surface area contributed by atoms with E-state index < -0.39 is 63.5 Å². The van der Waals surface area contributed by atoms with Crippen molar-refractivity contribution >= 4 is 51.2 Å². The molecular weight excluding hydrogens is 923 g/mol. The van der Waals surface area contributed by atoms with Crippen LogP contribution in [0.3, 0.4) is 0 Å². The molecule has 18 heteroatoms.